The summed E-state index contributed by atoms with van der Waals surface area (Å²) in [5.41, 5.74) is 0. The molecule has 0 aromatic carbocycles. The van der Waals surface area contributed by atoms with Gasteiger partial charge in [0, 0.05) is 0 Å². The summed E-state index contributed by atoms with van der Waals surface area (Å²) in [4.78, 5) is 0. The SMILES string of the molecule is OC(C1CC1)C1CCCCC1C(F)(F)F. The van der Waals surface area contributed by atoms with Gasteiger partial charge in [0.15, 0.2) is 0 Å². The van der Waals surface area contributed by atoms with Crippen molar-refractivity contribution in [2.45, 2.75) is 50.8 Å². The van der Waals surface area contributed by atoms with Gasteiger partial charge in [0.1, 0.15) is 0 Å². The lowest BCUT2D eigenvalue weighted by Crippen LogP contribution is -2.40. The normalized spacial score (nSPS) is 35.2. The number of alkyl halides is 3. The Morgan fingerprint density at radius 1 is 1.00 bits per heavy atom. The molecule has 0 saturated heterocycles. The van der Waals surface area contributed by atoms with E-state index in [1.54, 1.807) is 0 Å². The van der Waals surface area contributed by atoms with Crippen LogP contribution in [-0.2, 0) is 0 Å². The van der Waals surface area contributed by atoms with Crippen LogP contribution in [0.4, 0.5) is 13.2 Å². The molecular formula is C11H17F3O. The topological polar surface area (TPSA) is 20.2 Å². The third kappa shape index (κ3) is 2.47. The zero-order chi connectivity index (χ0) is 11.1. The van der Waals surface area contributed by atoms with Crippen LogP contribution in [0.5, 0.6) is 0 Å². The standard InChI is InChI=1S/C11H17F3O/c12-11(13,14)9-4-2-1-3-8(9)10(15)7-5-6-7/h7-10,15H,1-6H2. The fourth-order valence-electron chi connectivity index (χ4n) is 2.76. The molecule has 15 heavy (non-hydrogen) atoms. The van der Waals surface area contributed by atoms with Crippen molar-refractivity contribution in [3.8, 4) is 0 Å². The van der Waals surface area contributed by atoms with Crippen LogP contribution in [0.3, 0.4) is 0 Å². The van der Waals surface area contributed by atoms with Gasteiger partial charge >= 0.3 is 6.18 Å². The number of hydrogen-bond donors (Lipinski definition) is 1. The summed E-state index contributed by atoms with van der Waals surface area (Å²) in [7, 11) is 0. The third-order valence-corrected chi connectivity index (χ3v) is 3.78. The van der Waals surface area contributed by atoms with E-state index in [0.29, 0.717) is 12.8 Å². The van der Waals surface area contributed by atoms with Gasteiger partial charge in [-0.25, -0.2) is 0 Å². The highest BCUT2D eigenvalue weighted by Crippen LogP contribution is 2.47. The highest BCUT2D eigenvalue weighted by molar-refractivity contribution is 4.92. The quantitative estimate of drug-likeness (QED) is 0.761. The molecule has 4 heteroatoms. The van der Waals surface area contributed by atoms with Gasteiger partial charge in [-0.15, -0.1) is 0 Å². The number of aliphatic hydroxyl groups excluding tert-OH is 1. The van der Waals surface area contributed by atoms with Gasteiger partial charge in [-0.1, -0.05) is 12.8 Å². The fourth-order valence-corrected chi connectivity index (χ4v) is 2.76. The lowest BCUT2D eigenvalue weighted by molar-refractivity contribution is -0.207. The molecule has 2 aliphatic carbocycles. The minimum atomic E-state index is -4.12. The van der Waals surface area contributed by atoms with Gasteiger partial charge in [0.05, 0.1) is 12.0 Å². The molecule has 2 rings (SSSR count). The van der Waals surface area contributed by atoms with Gasteiger partial charge in [-0.3, -0.25) is 0 Å². The highest BCUT2D eigenvalue weighted by atomic mass is 19.4. The Labute approximate surface area is 87.7 Å². The Morgan fingerprint density at radius 2 is 1.60 bits per heavy atom. The van der Waals surface area contributed by atoms with Crippen molar-refractivity contribution in [2.75, 3.05) is 0 Å². The molecule has 0 bridgehead atoms. The summed E-state index contributed by atoms with van der Waals surface area (Å²) in [6.07, 6.45) is -0.790. The Bertz CT molecular complexity index is 222. The Morgan fingerprint density at radius 3 is 2.13 bits per heavy atom. The van der Waals surface area contributed by atoms with Gasteiger partial charge in [0.25, 0.3) is 0 Å². The minimum Gasteiger partial charge on any atom is -0.393 e. The molecule has 2 saturated carbocycles. The summed E-state index contributed by atoms with van der Waals surface area (Å²) < 4.78 is 38.2. The van der Waals surface area contributed by atoms with Crippen LogP contribution in [0.2, 0.25) is 0 Å². The zero-order valence-corrected chi connectivity index (χ0v) is 8.63. The van der Waals surface area contributed by atoms with Crippen LogP contribution >= 0.6 is 0 Å². The maximum absolute atomic E-state index is 12.7. The van der Waals surface area contributed by atoms with E-state index in [1.165, 1.54) is 0 Å². The van der Waals surface area contributed by atoms with E-state index in [9.17, 15) is 18.3 Å². The predicted octanol–water partition coefficient (Wildman–Crippen LogP) is 3.13. The smallest absolute Gasteiger partial charge is 0.392 e. The van der Waals surface area contributed by atoms with E-state index in [-0.39, 0.29) is 12.3 Å². The second-order valence-electron chi connectivity index (χ2n) is 4.92. The molecule has 3 unspecified atom stereocenters. The van der Waals surface area contributed by atoms with Crippen molar-refractivity contribution in [3.05, 3.63) is 0 Å². The maximum Gasteiger partial charge on any atom is 0.392 e. The van der Waals surface area contributed by atoms with Crippen molar-refractivity contribution < 1.29 is 18.3 Å². The van der Waals surface area contributed by atoms with Crippen molar-refractivity contribution in [1.82, 2.24) is 0 Å². The first-order valence-corrected chi connectivity index (χ1v) is 5.75. The van der Waals surface area contributed by atoms with Gasteiger partial charge in [-0.05, 0) is 37.5 Å². The van der Waals surface area contributed by atoms with E-state index < -0.39 is 24.1 Å². The Balaban J connectivity index is 2.04. The van der Waals surface area contributed by atoms with Crippen LogP contribution in [0, 0.1) is 17.8 Å². The van der Waals surface area contributed by atoms with Crippen LogP contribution in [-0.4, -0.2) is 17.4 Å². The first-order valence-electron chi connectivity index (χ1n) is 5.75. The van der Waals surface area contributed by atoms with E-state index in [4.69, 9.17) is 0 Å². The van der Waals surface area contributed by atoms with Crippen LogP contribution in [0.1, 0.15) is 38.5 Å². The second kappa shape index (κ2) is 3.96. The van der Waals surface area contributed by atoms with Crippen molar-refractivity contribution in [3.63, 3.8) is 0 Å². The van der Waals surface area contributed by atoms with E-state index in [1.807, 2.05) is 0 Å². The number of halogens is 3. The average Bonchev–Trinajstić information content (AvgIpc) is 2.98. The first-order chi connectivity index (χ1) is 7.00. The third-order valence-electron chi connectivity index (χ3n) is 3.78. The Kier molecular flexibility index (Phi) is 2.97. The van der Waals surface area contributed by atoms with Gasteiger partial charge in [-0.2, -0.15) is 13.2 Å². The number of hydrogen-bond acceptors (Lipinski definition) is 1. The lowest BCUT2D eigenvalue weighted by Gasteiger charge is -2.36. The second-order valence-corrected chi connectivity index (χ2v) is 4.92. The van der Waals surface area contributed by atoms with Crippen molar-refractivity contribution in [1.29, 1.82) is 0 Å². The molecule has 88 valence electrons. The highest BCUT2D eigenvalue weighted by Gasteiger charge is 2.50. The van der Waals surface area contributed by atoms with Crippen molar-refractivity contribution >= 4 is 0 Å². The predicted molar refractivity (Wildman–Crippen MR) is 50.2 cm³/mol. The monoisotopic (exact) mass is 222 g/mol. The summed E-state index contributed by atoms with van der Waals surface area (Å²) in [5, 5.41) is 9.85. The summed E-state index contributed by atoms with van der Waals surface area (Å²) in [5.74, 6) is -1.65. The molecule has 0 heterocycles. The van der Waals surface area contributed by atoms with Crippen molar-refractivity contribution in [2.24, 2.45) is 17.8 Å². The van der Waals surface area contributed by atoms with Crippen LogP contribution in [0.15, 0.2) is 0 Å². The van der Waals surface area contributed by atoms with E-state index in [2.05, 4.69) is 0 Å². The largest absolute Gasteiger partial charge is 0.393 e. The Hall–Kier alpha value is -0.250. The molecule has 0 aromatic rings. The van der Waals surface area contributed by atoms with Crippen LogP contribution in [0.25, 0.3) is 0 Å². The molecule has 0 spiro atoms. The molecule has 3 atom stereocenters. The molecule has 1 N–H and O–H groups in total. The number of aliphatic hydroxyl groups is 1. The molecule has 2 aliphatic rings. The molecular weight excluding hydrogens is 205 g/mol. The summed E-state index contributed by atoms with van der Waals surface area (Å²) in [6, 6.07) is 0. The minimum absolute atomic E-state index is 0.151. The molecule has 1 nitrogen and oxygen atoms in total. The average molecular weight is 222 g/mol. The molecule has 2 fully saturated rings. The van der Waals surface area contributed by atoms with Crippen LogP contribution < -0.4 is 0 Å². The molecule has 0 radical (unpaired) electrons. The summed E-state index contributed by atoms with van der Waals surface area (Å²) >= 11 is 0. The maximum atomic E-state index is 12.7. The van der Waals surface area contributed by atoms with E-state index in [0.717, 1.165) is 19.3 Å². The summed E-state index contributed by atoms with van der Waals surface area (Å²) in [6.45, 7) is 0. The molecule has 0 aromatic heterocycles. The first kappa shape index (κ1) is 11.2. The van der Waals surface area contributed by atoms with Gasteiger partial charge < -0.3 is 5.11 Å². The molecule has 0 aliphatic heterocycles. The van der Waals surface area contributed by atoms with E-state index >= 15 is 0 Å². The lowest BCUT2D eigenvalue weighted by atomic mass is 9.74. The van der Waals surface area contributed by atoms with Gasteiger partial charge in [0.2, 0.25) is 0 Å². The number of rotatable bonds is 2. The fraction of sp³-hybridized carbons (Fsp3) is 1.00. The zero-order valence-electron chi connectivity index (χ0n) is 8.63. The molecule has 0 amide bonds.